The van der Waals surface area contributed by atoms with Gasteiger partial charge >= 0.3 is 0 Å². The Kier molecular flexibility index (Phi) is 3.05. The summed E-state index contributed by atoms with van der Waals surface area (Å²) in [5.74, 6) is 0.465. The summed E-state index contributed by atoms with van der Waals surface area (Å²) in [4.78, 5) is 31.6. The first-order valence-electron chi connectivity index (χ1n) is 7.09. The molecule has 3 fully saturated rings. The minimum absolute atomic E-state index is 0.0700. The number of amides is 2. The van der Waals surface area contributed by atoms with Crippen LogP contribution in [-0.4, -0.2) is 26.5 Å². The van der Waals surface area contributed by atoms with Crippen LogP contribution in [-0.2, 0) is 9.59 Å². The summed E-state index contributed by atoms with van der Waals surface area (Å²) in [6.45, 7) is 1.93. The average Bonchev–Trinajstić information content (AvgIpc) is 3.04. The van der Waals surface area contributed by atoms with E-state index in [0.717, 1.165) is 12.0 Å². The first kappa shape index (κ1) is 13.9. The molecule has 1 aromatic rings. The molecule has 2 saturated carbocycles. The molecule has 4 rings (SSSR count). The fourth-order valence-corrected chi connectivity index (χ4v) is 6.09. The van der Waals surface area contributed by atoms with Gasteiger partial charge in [0, 0.05) is 15.9 Å². The first-order valence-corrected chi connectivity index (χ1v) is 8.92. The number of alkyl halides is 2. The maximum Gasteiger partial charge on any atom is 0.239 e. The van der Waals surface area contributed by atoms with E-state index in [2.05, 4.69) is 36.8 Å². The number of pyridine rings is 1. The van der Waals surface area contributed by atoms with Crippen LogP contribution in [0.5, 0.6) is 0 Å². The predicted molar refractivity (Wildman–Crippen MR) is 85.5 cm³/mol. The molecule has 1 aromatic heterocycles. The highest BCUT2D eigenvalue weighted by atomic mass is 79.9. The molecule has 2 heterocycles. The number of halogens is 2. The standard InChI is InChI=1S/C15H14Br2N2O2/c1-6-2-3-18-9(4-6)19-14(20)10-7-5-8(11(10)15(19)21)13(17)12(7)16/h2-4,7-8,10-13H,5H2,1H3/t7-,8-,10-,11-,12+,13+/m1/s1. The van der Waals surface area contributed by atoms with Crippen LogP contribution >= 0.6 is 31.9 Å². The van der Waals surface area contributed by atoms with Crippen molar-refractivity contribution in [1.82, 2.24) is 4.98 Å². The van der Waals surface area contributed by atoms with Gasteiger partial charge in [-0.2, -0.15) is 0 Å². The molecule has 0 unspecified atom stereocenters. The summed E-state index contributed by atoms with van der Waals surface area (Å²) in [6.07, 6.45) is 2.60. The fraction of sp³-hybridized carbons (Fsp3) is 0.533. The zero-order valence-electron chi connectivity index (χ0n) is 11.4. The lowest BCUT2D eigenvalue weighted by atomic mass is 9.81. The molecule has 110 valence electrons. The summed E-state index contributed by atoms with van der Waals surface area (Å²) >= 11 is 7.38. The highest BCUT2D eigenvalue weighted by Gasteiger charge is 2.66. The Morgan fingerprint density at radius 3 is 2.24 bits per heavy atom. The van der Waals surface area contributed by atoms with Crippen molar-refractivity contribution in [1.29, 1.82) is 0 Å². The van der Waals surface area contributed by atoms with E-state index in [9.17, 15) is 9.59 Å². The number of rotatable bonds is 1. The number of anilines is 1. The quantitative estimate of drug-likeness (QED) is 0.525. The van der Waals surface area contributed by atoms with Crippen LogP contribution in [0.4, 0.5) is 5.82 Å². The second-order valence-electron chi connectivity index (χ2n) is 6.21. The molecule has 2 aliphatic carbocycles. The third-order valence-electron chi connectivity index (χ3n) is 5.12. The summed E-state index contributed by atoms with van der Waals surface area (Å²) in [6, 6.07) is 3.66. The zero-order chi connectivity index (χ0) is 14.9. The maximum absolute atomic E-state index is 12.8. The van der Waals surface area contributed by atoms with Gasteiger partial charge in [0.2, 0.25) is 11.8 Å². The number of nitrogens with zero attached hydrogens (tertiary/aromatic N) is 2. The lowest BCUT2D eigenvalue weighted by Crippen LogP contribution is -2.37. The van der Waals surface area contributed by atoms with E-state index in [-0.39, 0.29) is 45.1 Å². The lowest BCUT2D eigenvalue weighted by molar-refractivity contribution is -0.123. The number of aromatic nitrogens is 1. The van der Waals surface area contributed by atoms with Gasteiger partial charge in [-0.15, -0.1) is 0 Å². The van der Waals surface area contributed by atoms with Gasteiger partial charge in [-0.3, -0.25) is 9.59 Å². The molecule has 0 N–H and O–H groups in total. The van der Waals surface area contributed by atoms with Crippen molar-refractivity contribution >= 4 is 49.5 Å². The van der Waals surface area contributed by atoms with Crippen molar-refractivity contribution in [2.24, 2.45) is 23.7 Å². The predicted octanol–water partition coefficient (Wildman–Crippen LogP) is 2.67. The SMILES string of the molecule is Cc1ccnc(N2C(=O)[C@@H]3[C@H]4C[C@@H]([C@H](Br)[C@H]4Br)[C@H]3C2=O)c1. The van der Waals surface area contributed by atoms with Crippen LogP contribution in [0.15, 0.2) is 18.3 Å². The molecule has 2 amide bonds. The Balaban J connectivity index is 1.75. The fourth-order valence-electron chi connectivity index (χ4n) is 4.22. The van der Waals surface area contributed by atoms with E-state index in [1.54, 1.807) is 12.3 Å². The number of hydrogen-bond acceptors (Lipinski definition) is 3. The number of carbonyl (C=O) groups is 2. The van der Waals surface area contributed by atoms with E-state index in [1.165, 1.54) is 4.90 Å². The van der Waals surface area contributed by atoms with Crippen LogP contribution in [0.1, 0.15) is 12.0 Å². The minimum Gasteiger partial charge on any atom is -0.274 e. The van der Waals surface area contributed by atoms with Crippen LogP contribution in [0.2, 0.25) is 0 Å². The molecular weight excluding hydrogens is 400 g/mol. The van der Waals surface area contributed by atoms with Gasteiger partial charge in [-0.05, 0) is 42.9 Å². The van der Waals surface area contributed by atoms with Crippen molar-refractivity contribution in [3.8, 4) is 0 Å². The van der Waals surface area contributed by atoms with Crippen molar-refractivity contribution in [2.75, 3.05) is 4.90 Å². The Morgan fingerprint density at radius 2 is 1.71 bits per heavy atom. The normalized spacial score (nSPS) is 41.0. The van der Waals surface area contributed by atoms with Gasteiger partial charge in [-0.1, -0.05) is 31.9 Å². The number of aryl methyl sites for hydroxylation is 1. The molecule has 0 aromatic carbocycles. The Morgan fingerprint density at radius 1 is 1.14 bits per heavy atom. The lowest BCUT2D eigenvalue weighted by Gasteiger charge is -2.28. The van der Waals surface area contributed by atoms with Crippen molar-refractivity contribution in [3.05, 3.63) is 23.9 Å². The van der Waals surface area contributed by atoms with Gasteiger partial charge in [0.1, 0.15) is 5.82 Å². The van der Waals surface area contributed by atoms with E-state index < -0.39 is 0 Å². The third-order valence-corrected chi connectivity index (χ3v) is 8.32. The zero-order valence-corrected chi connectivity index (χ0v) is 14.5. The van der Waals surface area contributed by atoms with Crippen LogP contribution in [0.3, 0.4) is 0 Å². The summed E-state index contributed by atoms with van der Waals surface area (Å²) in [5, 5.41) is 0. The highest BCUT2D eigenvalue weighted by molar-refractivity contribution is 9.12. The van der Waals surface area contributed by atoms with Crippen LogP contribution in [0, 0.1) is 30.6 Å². The smallest absolute Gasteiger partial charge is 0.239 e. The maximum atomic E-state index is 12.8. The molecule has 1 aliphatic heterocycles. The molecule has 2 bridgehead atoms. The molecule has 6 atom stereocenters. The van der Waals surface area contributed by atoms with Gasteiger partial charge in [0.15, 0.2) is 0 Å². The van der Waals surface area contributed by atoms with Gasteiger partial charge in [0.25, 0.3) is 0 Å². The van der Waals surface area contributed by atoms with Gasteiger partial charge < -0.3 is 0 Å². The molecule has 0 spiro atoms. The summed E-state index contributed by atoms with van der Waals surface area (Å²) in [7, 11) is 0. The topological polar surface area (TPSA) is 50.3 Å². The third kappa shape index (κ3) is 1.75. The van der Waals surface area contributed by atoms with E-state index in [1.807, 2.05) is 13.0 Å². The minimum atomic E-state index is -0.178. The number of imide groups is 1. The molecule has 0 radical (unpaired) electrons. The second-order valence-corrected chi connectivity index (χ2v) is 8.32. The van der Waals surface area contributed by atoms with Crippen LogP contribution < -0.4 is 4.90 Å². The number of hydrogen-bond donors (Lipinski definition) is 0. The molecular formula is C15H14Br2N2O2. The summed E-state index contributed by atoms with van der Waals surface area (Å²) in [5.41, 5.74) is 0.998. The summed E-state index contributed by atoms with van der Waals surface area (Å²) < 4.78 is 0. The van der Waals surface area contributed by atoms with Gasteiger partial charge in [0.05, 0.1) is 11.8 Å². The molecule has 3 aliphatic rings. The van der Waals surface area contributed by atoms with E-state index in [4.69, 9.17) is 0 Å². The Bertz CT molecular complexity index is 618. The van der Waals surface area contributed by atoms with Crippen molar-refractivity contribution in [3.63, 3.8) is 0 Å². The molecule has 4 nitrogen and oxygen atoms in total. The molecule has 1 saturated heterocycles. The average molecular weight is 414 g/mol. The highest BCUT2D eigenvalue weighted by Crippen LogP contribution is 2.60. The monoisotopic (exact) mass is 412 g/mol. The molecule has 21 heavy (non-hydrogen) atoms. The van der Waals surface area contributed by atoms with E-state index in [0.29, 0.717) is 5.82 Å². The van der Waals surface area contributed by atoms with Crippen molar-refractivity contribution < 1.29 is 9.59 Å². The van der Waals surface area contributed by atoms with Crippen molar-refractivity contribution in [2.45, 2.75) is 23.0 Å². The Hall–Kier alpha value is -0.750. The van der Waals surface area contributed by atoms with Gasteiger partial charge in [-0.25, -0.2) is 9.88 Å². The molecule has 6 heteroatoms. The second kappa shape index (κ2) is 4.62. The van der Waals surface area contributed by atoms with Crippen LogP contribution in [0.25, 0.3) is 0 Å². The Labute approximate surface area is 139 Å². The number of carbonyl (C=O) groups excluding carboxylic acids is 2. The largest absolute Gasteiger partial charge is 0.274 e. The van der Waals surface area contributed by atoms with E-state index >= 15 is 0 Å². The first-order chi connectivity index (χ1) is 10.0. The number of fused-ring (bicyclic) bond motifs is 5.